The van der Waals surface area contributed by atoms with E-state index in [1.807, 2.05) is 0 Å². The molecule has 19 heteroatoms. The lowest BCUT2D eigenvalue weighted by molar-refractivity contribution is -0.161. The molecule has 0 amide bonds. The molecular formula is C81H158O17P2. The number of rotatable bonds is 80. The number of unbranched alkanes of at least 4 members (excludes halogenated alkanes) is 48. The molecule has 0 saturated carbocycles. The van der Waals surface area contributed by atoms with E-state index in [0.29, 0.717) is 25.7 Å². The molecule has 0 aliphatic carbocycles. The Bertz CT molecular complexity index is 1930. The zero-order valence-electron chi connectivity index (χ0n) is 65.5. The van der Waals surface area contributed by atoms with Crippen LogP contribution < -0.4 is 0 Å². The van der Waals surface area contributed by atoms with Crippen LogP contribution in [-0.4, -0.2) is 96.7 Å². The van der Waals surface area contributed by atoms with E-state index in [0.717, 1.165) is 102 Å². The van der Waals surface area contributed by atoms with Gasteiger partial charge in [0.05, 0.1) is 26.4 Å². The topological polar surface area (TPSA) is 237 Å². The van der Waals surface area contributed by atoms with Crippen LogP contribution in [0, 0.1) is 11.8 Å². The molecule has 0 aromatic carbocycles. The van der Waals surface area contributed by atoms with Crippen LogP contribution in [0.1, 0.15) is 427 Å². The Morgan fingerprint density at radius 3 is 0.710 bits per heavy atom. The summed E-state index contributed by atoms with van der Waals surface area (Å²) in [6.45, 7) is 9.72. The van der Waals surface area contributed by atoms with Crippen LogP contribution in [0.15, 0.2) is 0 Å². The maximum Gasteiger partial charge on any atom is 0.472 e. The molecule has 0 spiro atoms. The minimum absolute atomic E-state index is 0.107. The van der Waals surface area contributed by atoms with Crippen molar-refractivity contribution in [2.45, 2.75) is 445 Å². The zero-order chi connectivity index (χ0) is 73.5. The Balaban J connectivity index is 5.27. The smallest absolute Gasteiger partial charge is 0.462 e. The molecule has 0 rings (SSSR count). The Hall–Kier alpha value is -1.94. The molecule has 0 bridgehead atoms. The third-order valence-corrected chi connectivity index (χ3v) is 21.6. The number of aliphatic hydroxyl groups excluding tert-OH is 1. The molecule has 0 aliphatic rings. The largest absolute Gasteiger partial charge is 0.472 e. The molecule has 0 fully saturated rings. The molecule has 0 aromatic heterocycles. The van der Waals surface area contributed by atoms with Gasteiger partial charge in [0.2, 0.25) is 0 Å². The van der Waals surface area contributed by atoms with Crippen molar-refractivity contribution in [1.29, 1.82) is 0 Å². The summed E-state index contributed by atoms with van der Waals surface area (Å²) in [6.07, 6.45) is 62.1. The molecule has 7 atom stereocenters. The summed E-state index contributed by atoms with van der Waals surface area (Å²) in [5.41, 5.74) is 0. The van der Waals surface area contributed by atoms with Gasteiger partial charge in [-0.05, 0) is 37.5 Å². The van der Waals surface area contributed by atoms with Gasteiger partial charge >= 0.3 is 39.5 Å². The fourth-order valence-electron chi connectivity index (χ4n) is 12.5. The summed E-state index contributed by atoms with van der Waals surface area (Å²) >= 11 is 0. The summed E-state index contributed by atoms with van der Waals surface area (Å²) in [5, 5.41) is 10.7. The molecule has 594 valence electrons. The molecule has 0 aliphatic heterocycles. The number of phosphoric ester groups is 2. The standard InChI is InChI=1S/C81H158O17P2/c1-7-11-13-15-17-19-21-23-24-29-33-40-46-52-58-64-79(84)92-69-76(97-80(85)65-59-53-47-41-34-30-26-25-28-31-37-43-49-55-61-73(5)9-3)71-95-99(87,88)93-67-75(82)68-94-100(89,90)96-72-77(70-91-78(83)63-57-51-45-39-32-27-22-20-18-16-14-12-8-2)98-81(86)66-60-54-48-42-36-35-38-44-50-56-62-74(6)10-4/h73-77,82H,7-72H2,1-6H3,(H,87,88)(H,89,90)/t73?,74?,75-,76-,77-/m1/s1. The first-order valence-electron chi connectivity index (χ1n) is 42.1. The van der Waals surface area contributed by atoms with Crippen molar-refractivity contribution in [2.75, 3.05) is 39.6 Å². The van der Waals surface area contributed by atoms with Crippen LogP contribution >= 0.6 is 15.6 Å². The molecule has 0 saturated heterocycles. The molecule has 0 radical (unpaired) electrons. The summed E-state index contributed by atoms with van der Waals surface area (Å²) in [7, 11) is -9.92. The number of carbonyl (C=O) groups is 4. The number of aliphatic hydroxyl groups is 1. The maximum absolute atomic E-state index is 13.1. The predicted molar refractivity (Wildman–Crippen MR) is 409 cm³/mol. The van der Waals surface area contributed by atoms with Crippen LogP contribution in [-0.2, 0) is 65.4 Å². The van der Waals surface area contributed by atoms with Crippen molar-refractivity contribution in [3.63, 3.8) is 0 Å². The second kappa shape index (κ2) is 72.6. The van der Waals surface area contributed by atoms with Crippen LogP contribution in [0.2, 0.25) is 0 Å². The molecule has 3 N–H and O–H groups in total. The first-order chi connectivity index (χ1) is 48.4. The van der Waals surface area contributed by atoms with Gasteiger partial charge in [0.1, 0.15) is 19.3 Å². The lowest BCUT2D eigenvalue weighted by Gasteiger charge is -2.21. The highest BCUT2D eigenvalue weighted by atomic mass is 31.2. The van der Waals surface area contributed by atoms with Gasteiger partial charge in [-0.15, -0.1) is 0 Å². The second-order valence-corrected chi connectivity index (χ2v) is 32.6. The van der Waals surface area contributed by atoms with E-state index in [1.54, 1.807) is 0 Å². The number of carbonyl (C=O) groups excluding carboxylic acids is 4. The Kier molecular flexibility index (Phi) is 71.2. The quantitative estimate of drug-likeness (QED) is 0.0222. The lowest BCUT2D eigenvalue weighted by atomic mass is 9.99. The summed E-state index contributed by atoms with van der Waals surface area (Å²) < 4.78 is 68.8. The van der Waals surface area contributed by atoms with Gasteiger partial charge in [-0.1, -0.05) is 375 Å². The fraction of sp³-hybridized carbons (Fsp3) is 0.951. The molecular weight excluding hydrogens is 1310 g/mol. The monoisotopic (exact) mass is 1470 g/mol. The average molecular weight is 1470 g/mol. The highest BCUT2D eigenvalue weighted by Gasteiger charge is 2.30. The van der Waals surface area contributed by atoms with E-state index >= 15 is 0 Å². The van der Waals surface area contributed by atoms with Crippen molar-refractivity contribution < 1.29 is 80.2 Å². The van der Waals surface area contributed by atoms with Crippen LogP contribution in [0.4, 0.5) is 0 Å². The van der Waals surface area contributed by atoms with E-state index < -0.39 is 97.5 Å². The van der Waals surface area contributed by atoms with Gasteiger partial charge in [0.25, 0.3) is 0 Å². The number of phosphoric acid groups is 2. The van der Waals surface area contributed by atoms with Crippen LogP contribution in [0.25, 0.3) is 0 Å². The maximum atomic E-state index is 13.1. The molecule has 17 nitrogen and oxygen atoms in total. The molecule has 0 aromatic rings. The van der Waals surface area contributed by atoms with Gasteiger partial charge < -0.3 is 33.8 Å². The van der Waals surface area contributed by atoms with Crippen molar-refractivity contribution in [3.05, 3.63) is 0 Å². The van der Waals surface area contributed by atoms with Crippen LogP contribution in [0.3, 0.4) is 0 Å². The molecule has 100 heavy (non-hydrogen) atoms. The summed E-state index contributed by atoms with van der Waals surface area (Å²) in [5.74, 6) is -0.457. The predicted octanol–water partition coefficient (Wildman–Crippen LogP) is 24.3. The highest BCUT2D eigenvalue weighted by Crippen LogP contribution is 2.45. The van der Waals surface area contributed by atoms with Crippen molar-refractivity contribution in [2.24, 2.45) is 11.8 Å². The second-order valence-electron chi connectivity index (χ2n) is 29.6. The minimum Gasteiger partial charge on any atom is -0.462 e. The summed E-state index contributed by atoms with van der Waals surface area (Å²) in [6, 6.07) is 0. The summed E-state index contributed by atoms with van der Waals surface area (Å²) in [4.78, 5) is 73.1. The molecule has 0 heterocycles. The Morgan fingerprint density at radius 2 is 0.480 bits per heavy atom. The Morgan fingerprint density at radius 1 is 0.280 bits per heavy atom. The van der Waals surface area contributed by atoms with Crippen LogP contribution in [0.5, 0.6) is 0 Å². The normalized spacial score (nSPS) is 14.4. The van der Waals surface area contributed by atoms with E-state index in [-0.39, 0.29) is 25.7 Å². The van der Waals surface area contributed by atoms with Crippen molar-refractivity contribution >= 4 is 39.5 Å². The highest BCUT2D eigenvalue weighted by molar-refractivity contribution is 7.47. The van der Waals surface area contributed by atoms with Crippen molar-refractivity contribution in [1.82, 2.24) is 0 Å². The van der Waals surface area contributed by atoms with Gasteiger partial charge in [-0.25, -0.2) is 9.13 Å². The van der Waals surface area contributed by atoms with E-state index in [4.69, 9.17) is 37.0 Å². The average Bonchev–Trinajstić information content (AvgIpc) is 0.969. The Labute approximate surface area is 613 Å². The third kappa shape index (κ3) is 71.7. The zero-order valence-corrected chi connectivity index (χ0v) is 67.3. The third-order valence-electron chi connectivity index (χ3n) is 19.7. The first-order valence-corrected chi connectivity index (χ1v) is 45.1. The van der Waals surface area contributed by atoms with E-state index in [2.05, 4.69) is 41.5 Å². The number of hydrogen-bond acceptors (Lipinski definition) is 15. The van der Waals surface area contributed by atoms with Gasteiger partial charge in [-0.2, -0.15) is 0 Å². The van der Waals surface area contributed by atoms with Crippen molar-refractivity contribution in [3.8, 4) is 0 Å². The minimum atomic E-state index is -4.96. The lowest BCUT2D eigenvalue weighted by Crippen LogP contribution is -2.30. The van der Waals surface area contributed by atoms with E-state index in [9.17, 15) is 43.2 Å². The van der Waals surface area contributed by atoms with Gasteiger partial charge in [0, 0.05) is 25.7 Å². The first kappa shape index (κ1) is 98.1. The van der Waals surface area contributed by atoms with Gasteiger partial charge in [0.15, 0.2) is 12.2 Å². The van der Waals surface area contributed by atoms with Gasteiger partial charge in [-0.3, -0.25) is 37.3 Å². The molecule has 4 unspecified atom stereocenters. The number of ether oxygens (including phenoxy) is 4. The fourth-order valence-corrected chi connectivity index (χ4v) is 14.1. The number of esters is 4. The SMILES string of the molecule is CCCCCCCCCCCCCCCCCC(=O)OC[C@H](COP(=O)(O)OC[C@@H](O)COP(=O)(O)OC[C@@H](COC(=O)CCCCCCCCCCCCCCC)OC(=O)CCCCCCCCCCCCC(C)CC)OC(=O)CCCCCCCCCCCCCCCCC(C)CC. The van der Waals surface area contributed by atoms with E-state index in [1.165, 1.54) is 244 Å². The number of hydrogen-bond donors (Lipinski definition) is 3.